The zero-order chi connectivity index (χ0) is 16.1. The summed E-state index contributed by atoms with van der Waals surface area (Å²) in [6.07, 6.45) is 0. The summed E-state index contributed by atoms with van der Waals surface area (Å²) in [5.41, 5.74) is 2.00. The topological polar surface area (TPSA) is 59.6 Å². The molecule has 0 aromatic heterocycles. The lowest BCUT2D eigenvalue weighted by molar-refractivity contribution is 0.262. The largest absolute Gasteiger partial charge is 0.497 e. The maximum atomic E-state index is 12.1. The lowest BCUT2D eigenvalue weighted by atomic mass is 10.2. The molecule has 0 atom stereocenters. The number of amides is 2. The van der Waals surface area contributed by atoms with Crippen molar-refractivity contribution in [2.75, 3.05) is 24.9 Å². The molecule has 116 valence electrons. The second-order valence-electron chi connectivity index (χ2n) is 4.56. The Morgan fingerprint density at radius 1 is 1.05 bits per heavy atom. The average Bonchev–Trinajstić information content (AvgIpc) is 2.52. The Bertz CT molecular complexity index is 689. The highest BCUT2D eigenvalue weighted by molar-refractivity contribution is 6.31. The van der Waals surface area contributed by atoms with Crippen LogP contribution in [0.4, 0.5) is 16.2 Å². The molecular weight excluding hydrogens is 304 g/mol. The average molecular weight is 321 g/mol. The SMILES string of the molecule is COc1ccc(NC(=O)Nc2cccc(Cl)c2C)c(OC)c1. The van der Waals surface area contributed by atoms with Crippen molar-refractivity contribution in [2.45, 2.75) is 6.92 Å². The van der Waals surface area contributed by atoms with Gasteiger partial charge in [0.2, 0.25) is 0 Å². The van der Waals surface area contributed by atoms with Gasteiger partial charge in [-0.1, -0.05) is 17.7 Å². The van der Waals surface area contributed by atoms with Crippen LogP contribution in [-0.2, 0) is 0 Å². The van der Waals surface area contributed by atoms with E-state index in [1.54, 1.807) is 43.5 Å². The fourth-order valence-corrected chi connectivity index (χ4v) is 2.10. The summed E-state index contributed by atoms with van der Waals surface area (Å²) in [4.78, 5) is 12.1. The van der Waals surface area contributed by atoms with Gasteiger partial charge in [-0.05, 0) is 36.8 Å². The summed E-state index contributed by atoms with van der Waals surface area (Å²) in [5, 5.41) is 6.09. The summed E-state index contributed by atoms with van der Waals surface area (Å²) in [6, 6.07) is 10.1. The first kappa shape index (κ1) is 16.0. The number of urea groups is 1. The minimum atomic E-state index is -0.381. The molecule has 0 unspecified atom stereocenters. The number of ether oxygens (including phenoxy) is 2. The minimum Gasteiger partial charge on any atom is -0.497 e. The fourth-order valence-electron chi connectivity index (χ4n) is 1.92. The van der Waals surface area contributed by atoms with Crippen molar-refractivity contribution in [3.05, 3.63) is 47.0 Å². The van der Waals surface area contributed by atoms with Gasteiger partial charge in [0.25, 0.3) is 0 Å². The van der Waals surface area contributed by atoms with E-state index < -0.39 is 0 Å². The fraction of sp³-hybridized carbons (Fsp3) is 0.188. The van der Waals surface area contributed by atoms with Crippen molar-refractivity contribution in [1.82, 2.24) is 0 Å². The lowest BCUT2D eigenvalue weighted by Crippen LogP contribution is -2.20. The van der Waals surface area contributed by atoms with Gasteiger partial charge < -0.3 is 20.1 Å². The molecule has 5 nitrogen and oxygen atoms in total. The number of halogens is 1. The highest BCUT2D eigenvalue weighted by Gasteiger charge is 2.10. The highest BCUT2D eigenvalue weighted by Crippen LogP contribution is 2.29. The van der Waals surface area contributed by atoms with Gasteiger partial charge in [-0.3, -0.25) is 0 Å². The number of nitrogens with one attached hydrogen (secondary N) is 2. The van der Waals surface area contributed by atoms with Gasteiger partial charge in [0.05, 0.1) is 19.9 Å². The number of hydrogen-bond acceptors (Lipinski definition) is 3. The van der Waals surface area contributed by atoms with Gasteiger partial charge in [0.1, 0.15) is 11.5 Å². The summed E-state index contributed by atoms with van der Waals surface area (Å²) in [7, 11) is 3.09. The Labute approximate surface area is 134 Å². The van der Waals surface area contributed by atoms with Crippen LogP contribution >= 0.6 is 11.6 Å². The van der Waals surface area contributed by atoms with E-state index in [9.17, 15) is 4.79 Å². The first-order valence-electron chi connectivity index (χ1n) is 6.60. The van der Waals surface area contributed by atoms with E-state index in [0.29, 0.717) is 27.9 Å². The van der Waals surface area contributed by atoms with Crippen LogP contribution in [0.15, 0.2) is 36.4 Å². The summed E-state index contributed by atoms with van der Waals surface area (Å²) < 4.78 is 10.4. The molecule has 0 spiro atoms. The predicted molar refractivity (Wildman–Crippen MR) is 88.4 cm³/mol. The molecule has 0 radical (unpaired) electrons. The molecular formula is C16H17ClN2O3. The number of anilines is 2. The third kappa shape index (κ3) is 3.62. The number of carbonyl (C=O) groups is 1. The van der Waals surface area contributed by atoms with E-state index in [1.165, 1.54) is 7.11 Å². The lowest BCUT2D eigenvalue weighted by Gasteiger charge is -2.13. The predicted octanol–water partition coefficient (Wildman–Crippen LogP) is 4.31. The quantitative estimate of drug-likeness (QED) is 0.882. The van der Waals surface area contributed by atoms with E-state index >= 15 is 0 Å². The second-order valence-corrected chi connectivity index (χ2v) is 4.96. The third-order valence-corrected chi connectivity index (χ3v) is 3.58. The molecule has 6 heteroatoms. The van der Waals surface area contributed by atoms with Gasteiger partial charge in [-0.25, -0.2) is 4.79 Å². The van der Waals surface area contributed by atoms with Gasteiger partial charge in [0, 0.05) is 16.8 Å². The molecule has 0 aliphatic carbocycles. The molecule has 0 bridgehead atoms. The molecule has 0 saturated heterocycles. The zero-order valence-electron chi connectivity index (χ0n) is 12.6. The first-order valence-corrected chi connectivity index (χ1v) is 6.98. The molecule has 2 aromatic rings. The van der Waals surface area contributed by atoms with Crippen LogP contribution in [-0.4, -0.2) is 20.3 Å². The van der Waals surface area contributed by atoms with E-state index in [2.05, 4.69) is 10.6 Å². The van der Waals surface area contributed by atoms with Crippen molar-refractivity contribution < 1.29 is 14.3 Å². The number of hydrogen-bond donors (Lipinski definition) is 2. The van der Waals surface area contributed by atoms with Crippen molar-refractivity contribution in [2.24, 2.45) is 0 Å². The van der Waals surface area contributed by atoms with Crippen molar-refractivity contribution in [3.63, 3.8) is 0 Å². The van der Waals surface area contributed by atoms with Crippen molar-refractivity contribution >= 4 is 29.0 Å². The van der Waals surface area contributed by atoms with Crippen LogP contribution < -0.4 is 20.1 Å². The Morgan fingerprint density at radius 2 is 1.77 bits per heavy atom. The van der Waals surface area contributed by atoms with E-state index in [0.717, 1.165) is 5.56 Å². The second kappa shape index (κ2) is 7.04. The smallest absolute Gasteiger partial charge is 0.323 e. The first-order chi connectivity index (χ1) is 10.5. The van der Waals surface area contributed by atoms with E-state index in [1.807, 2.05) is 6.92 Å². The molecule has 2 N–H and O–H groups in total. The van der Waals surface area contributed by atoms with E-state index in [-0.39, 0.29) is 6.03 Å². The molecule has 2 amide bonds. The molecule has 0 heterocycles. The van der Waals surface area contributed by atoms with E-state index in [4.69, 9.17) is 21.1 Å². The highest BCUT2D eigenvalue weighted by atomic mass is 35.5. The Morgan fingerprint density at radius 3 is 2.45 bits per heavy atom. The Kier molecular flexibility index (Phi) is 5.12. The third-order valence-electron chi connectivity index (χ3n) is 3.17. The number of rotatable bonds is 4. The maximum Gasteiger partial charge on any atom is 0.323 e. The van der Waals surface area contributed by atoms with Crippen LogP contribution in [0.2, 0.25) is 5.02 Å². The molecule has 0 aliphatic rings. The molecule has 22 heavy (non-hydrogen) atoms. The van der Waals surface area contributed by atoms with Crippen LogP contribution in [0, 0.1) is 6.92 Å². The molecule has 2 rings (SSSR count). The molecule has 0 fully saturated rings. The maximum absolute atomic E-state index is 12.1. The molecule has 2 aromatic carbocycles. The Hall–Kier alpha value is -2.40. The number of methoxy groups -OCH3 is 2. The van der Waals surface area contributed by atoms with Crippen LogP contribution in [0.1, 0.15) is 5.56 Å². The monoisotopic (exact) mass is 320 g/mol. The number of benzene rings is 2. The standard InChI is InChI=1S/C16H17ClN2O3/c1-10-12(17)5-4-6-13(10)18-16(20)19-14-8-7-11(21-2)9-15(14)22-3/h4-9H,1-3H3,(H2,18,19,20). The normalized spacial score (nSPS) is 10.0. The summed E-state index contributed by atoms with van der Waals surface area (Å²) >= 11 is 6.03. The van der Waals surface area contributed by atoms with Crippen molar-refractivity contribution in [3.8, 4) is 11.5 Å². The summed E-state index contributed by atoms with van der Waals surface area (Å²) in [5.74, 6) is 1.16. The van der Waals surface area contributed by atoms with Crippen LogP contribution in [0.5, 0.6) is 11.5 Å². The number of carbonyl (C=O) groups excluding carboxylic acids is 1. The van der Waals surface area contributed by atoms with Gasteiger partial charge in [0.15, 0.2) is 0 Å². The van der Waals surface area contributed by atoms with Crippen LogP contribution in [0.3, 0.4) is 0 Å². The zero-order valence-corrected chi connectivity index (χ0v) is 13.3. The van der Waals surface area contributed by atoms with Gasteiger partial charge in [-0.2, -0.15) is 0 Å². The van der Waals surface area contributed by atoms with Crippen LogP contribution in [0.25, 0.3) is 0 Å². The van der Waals surface area contributed by atoms with Crippen molar-refractivity contribution in [1.29, 1.82) is 0 Å². The van der Waals surface area contributed by atoms with Gasteiger partial charge >= 0.3 is 6.03 Å². The molecule has 0 saturated carbocycles. The Balaban J connectivity index is 2.14. The minimum absolute atomic E-state index is 0.381. The molecule has 0 aliphatic heterocycles. The summed E-state index contributed by atoms with van der Waals surface area (Å²) in [6.45, 7) is 1.84. The van der Waals surface area contributed by atoms with Gasteiger partial charge in [-0.15, -0.1) is 0 Å².